The molecular weight excluding hydrogens is 338 g/mol. The van der Waals surface area contributed by atoms with Gasteiger partial charge in [-0.3, -0.25) is 0 Å². The summed E-state index contributed by atoms with van der Waals surface area (Å²) in [5.41, 5.74) is 0. The molecule has 46 valence electrons. The summed E-state index contributed by atoms with van der Waals surface area (Å²) < 4.78 is 4.79. The third kappa shape index (κ3) is 4.56. The minimum Gasteiger partial charge on any atom is -0.411 e. The van der Waals surface area contributed by atoms with Crippen molar-refractivity contribution in [3.63, 3.8) is 0 Å². The lowest BCUT2D eigenvalue weighted by atomic mass is 10.8. The van der Waals surface area contributed by atoms with Crippen molar-refractivity contribution in [2.24, 2.45) is 10.3 Å². The molecule has 0 aromatic rings. The Morgan fingerprint density at radius 2 is 2.38 bits per heavy atom. The van der Waals surface area contributed by atoms with Crippen LogP contribution >= 0.6 is 45.6 Å². The van der Waals surface area contributed by atoms with E-state index >= 15 is 0 Å². The van der Waals surface area contributed by atoms with Crippen LogP contribution in [0.25, 0.3) is 0 Å². The van der Waals surface area contributed by atoms with Crippen molar-refractivity contribution in [1.29, 1.82) is 0 Å². The molecule has 0 spiro atoms. The summed E-state index contributed by atoms with van der Waals surface area (Å²) in [4.78, 5) is 0. The standard InChI is InChI=1S/C2H2I2N2O2/c3-2(1-5-7)6-8-4/h1,7H. The largest absolute Gasteiger partial charge is 0.411 e. The first-order chi connectivity index (χ1) is 3.81. The fourth-order valence-electron chi connectivity index (χ4n) is 0.104. The quantitative estimate of drug-likeness (QED) is 0.359. The Labute approximate surface area is 73.8 Å². The molecule has 0 saturated heterocycles. The second-order valence-corrected chi connectivity index (χ2v) is 2.23. The van der Waals surface area contributed by atoms with Gasteiger partial charge < -0.3 is 8.37 Å². The predicted molar refractivity (Wildman–Crippen MR) is 46.8 cm³/mol. The molecule has 0 aromatic carbocycles. The lowest BCUT2D eigenvalue weighted by Crippen LogP contribution is -1.85. The first-order valence-corrected chi connectivity index (χ1v) is 3.46. The molecule has 0 aliphatic carbocycles. The molecule has 0 saturated carbocycles. The Bertz CT molecular complexity index is 113. The molecule has 0 aliphatic heterocycles. The number of halogens is 2. The summed E-state index contributed by atoms with van der Waals surface area (Å²) in [5.74, 6) is 0. The number of nitrogens with zero attached hydrogens (tertiary/aromatic N) is 2. The molecule has 8 heavy (non-hydrogen) atoms. The highest BCUT2D eigenvalue weighted by atomic mass is 127. The zero-order chi connectivity index (χ0) is 6.41. The average molecular weight is 340 g/mol. The van der Waals surface area contributed by atoms with Gasteiger partial charge in [0.1, 0.15) is 6.21 Å². The Balaban J connectivity index is 3.61. The van der Waals surface area contributed by atoms with Crippen LogP contribution < -0.4 is 0 Å². The Morgan fingerprint density at radius 1 is 1.75 bits per heavy atom. The van der Waals surface area contributed by atoms with Crippen molar-refractivity contribution < 1.29 is 8.37 Å². The molecule has 0 aromatic heterocycles. The highest BCUT2D eigenvalue weighted by Gasteiger charge is 1.83. The van der Waals surface area contributed by atoms with Crippen LogP contribution in [0.15, 0.2) is 10.3 Å². The van der Waals surface area contributed by atoms with E-state index in [0.29, 0.717) is 3.72 Å². The second-order valence-electron chi connectivity index (χ2n) is 0.728. The first kappa shape index (κ1) is 8.40. The maximum absolute atomic E-state index is 7.89. The molecule has 0 amide bonds. The van der Waals surface area contributed by atoms with Crippen molar-refractivity contribution in [2.45, 2.75) is 0 Å². The first-order valence-electron chi connectivity index (χ1n) is 1.50. The molecule has 0 radical (unpaired) electrons. The molecular formula is C2H2I2N2O2. The summed E-state index contributed by atoms with van der Waals surface area (Å²) in [5, 5.41) is 14.0. The Kier molecular flexibility index (Phi) is 5.81. The number of hydrogen-bond acceptors (Lipinski definition) is 4. The minimum atomic E-state index is 0.486. The topological polar surface area (TPSA) is 54.2 Å². The van der Waals surface area contributed by atoms with Gasteiger partial charge in [0.15, 0.2) is 3.72 Å². The fraction of sp³-hybridized carbons (Fsp3) is 0. The van der Waals surface area contributed by atoms with Gasteiger partial charge in [0.05, 0.1) is 0 Å². The van der Waals surface area contributed by atoms with Crippen LogP contribution in [0, 0.1) is 0 Å². The summed E-state index contributed by atoms with van der Waals surface area (Å²) >= 11 is 3.46. The summed E-state index contributed by atoms with van der Waals surface area (Å²) in [6.45, 7) is 0. The van der Waals surface area contributed by atoms with Gasteiger partial charge in [0, 0.05) is 0 Å². The van der Waals surface area contributed by atoms with Gasteiger partial charge in [-0.1, -0.05) is 10.3 Å². The van der Waals surface area contributed by atoms with E-state index < -0.39 is 0 Å². The maximum atomic E-state index is 7.89. The van der Waals surface area contributed by atoms with E-state index in [1.807, 2.05) is 22.6 Å². The van der Waals surface area contributed by atoms with E-state index in [0.717, 1.165) is 0 Å². The number of hydrogen-bond donors (Lipinski definition) is 1. The lowest BCUT2D eigenvalue weighted by molar-refractivity contribution is 0.322. The third-order valence-electron chi connectivity index (χ3n) is 0.286. The van der Waals surface area contributed by atoms with E-state index in [4.69, 9.17) is 5.21 Å². The Hall–Kier alpha value is 0.400. The highest BCUT2D eigenvalue weighted by Crippen LogP contribution is 1.92. The monoisotopic (exact) mass is 340 g/mol. The molecule has 6 heteroatoms. The predicted octanol–water partition coefficient (Wildman–Crippen LogP) is 1.56. The van der Waals surface area contributed by atoms with Gasteiger partial charge in [-0.25, -0.2) is 0 Å². The van der Waals surface area contributed by atoms with Crippen molar-refractivity contribution >= 4 is 55.5 Å². The fourth-order valence-corrected chi connectivity index (χ4v) is 0.916. The molecule has 1 N–H and O–H groups in total. The molecule has 4 nitrogen and oxygen atoms in total. The molecule has 0 aliphatic rings. The van der Waals surface area contributed by atoms with E-state index in [1.165, 1.54) is 6.21 Å². The molecule has 0 heterocycles. The van der Waals surface area contributed by atoms with Crippen molar-refractivity contribution in [3.05, 3.63) is 0 Å². The molecule has 0 rings (SSSR count). The minimum absolute atomic E-state index is 0.486. The zero-order valence-electron chi connectivity index (χ0n) is 3.58. The van der Waals surface area contributed by atoms with Gasteiger partial charge in [0.2, 0.25) is 23.0 Å². The van der Waals surface area contributed by atoms with Crippen LogP contribution in [0.5, 0.6) is 0 Å². The van der Waals surface area contributed by atoms with Gasteiger partial charge in [-0.15, -0.1) is 0 Å². The van der Waals surface area contributed by atoms with Gasteiger partial charge in [-0.05, 0) is 22.6 Å². The highest BCUT2D eigenvalue weighted by molar-refractivity contribution is 14.1. The van der Waals surface area contributed by atoms with Crippen LogP contribution in [-0.4, -0.2) is 15.1 Å². The van der Waals surface area contributed by atoms with Gasteiger partial charge in [0.25, 0.3) is 0 Å². The van der Waals surface area contributed by atoms with Crippen LogP contribution in [0.1, 0.15) is 0 Å². The van der Waals surface area contributed by atoms with Crippen molar-refractivity contribution in [2.75, 3.05) is 0 Å². The molecule has 0 bridgehead atoms. The maximum Gasteiger partial charge on any atom is 0.230 e. The summed E-state index contributed by atoms with van der Waals surface area (Å²) in [6.07, 6.45) is 1.17. The van der Waals surface area contributed by atoms with Crippen LogP contribution in [-0.2, 0) is 3.17 Å². The van der Waals surface area contributed by atoms with Crippen molar-refractivity contribution in [1.82, 2.24) is 0 Å². The second kappa shape index (κ2) is 5.54. The van der Waals surface area contributed by atoms with Crippen LogP contribution in [0.3, 0.4) is 0 Å². The van der Waals surface area contributed by atoms with E-state index in [1.54, 1.807) is 23.0 Å². The zero-order valence-corrected chi connectivity index (χ0v) is 7.90. The lowest BCUT2D eigenvalue weighted by Gasteiger charge is -1.80. The summed E-state index contributed by atoms with van der Waals surface area (Å²) in [6, 6.07) is 0. The Morgan fingerprint density at radius 3 is 2.75 bits per heavy atom. The molecule has 0 fully saturated rings. The number of oxime groups is 2. The third-order valence-corrected chi connectivity index (χ3v) is 0.958. The van der Waals surface area contributed by atoms with E-state index in [9.17, 15) is 0 Å². The van der Waals surface area contributed by atoms with Crippen molar-refractivity contribution in [3.8, 4) is 0 Å². The number of rotatable bonds is 2. The average Bonchev–Trinajstić information content (AvgIpc) is 1.68. The summed E-state index contributed by atoms with van der Waals surface area (Å²) in [7, 11) is 0. The van der Waals surface area contributed by atoms with Gasteiger partial charge >= 0.3 is 0 Å². The normalized spacial score (nSPS) is 12.5. The smallest absolute Gasteiger partial charge is 0.230 e. The van der Waals surface area contributed by atoms with E-state index in [2.05, 4.69) is 13.5 Å². The van der Waals surface area contributed by atoms with Crippen LogP contribution in [0.4, 0.5) is 0 Å². The van der Waals surface area contributed by atoms with Crippen LogP contribution in [0.2, 0.25) is 0 Å². The SMILES string of the molecule is ON=CC(I)=NOI. The van der Waals surface area contributed by atoms with E-state index in [-0.39, 0.29) is 0 Å². The molecule has 0 atom stereocenters. The molecule has 0 unspecified atom stereocenters. The van der Waals surface area contributed by atoms with Gasteiger partial charge in [-0.2, -0.15) is 0 Å².